The average Bonchev–Trinajstić information content (AvgIpc) is 3.03. The predicted molar refractivity (Wildman–Crippen MR) is 94.4 cm³/mol. The molecule has 2 heterocycles. The van der Waals surface area contributed by atoms with Crippen LogP contribution in [0.15, 0.2) is 24.3 Å². The van der Waals surface area contributed by atoms with Crippen LogP contribution < -0.4 is 4.74 Å². The van der Waals surface area contributed by atoms with Gasteiger partial charge in [0.1, 0.15) is 5.75 Å². The van der Waals surface area contributed by atoms with Crippen LogP contribution in [0.5, 0.6) is 5.75 Å². The minimum atomic E-state index is -2.60. The van der Waals surface area contributed by atoms with Gasteiger partial charge in [-0.15, -0.1) is 12.4 Å². The maximum atomic E-state index is 13.2. The van der Waals surface area contributed by atoms with Gasteiger partial charge >= 0.3 is 0 Å². The summed E-state index contributed by atoms with van der Waals surface area (Å²) in [6.07, 6.45) is 0.393. The largest absolute Gasteiger partial charge is 0.497 e. The Bertz CT molecular complexity index is 573. The molecule has 1 aromatic carbocycles. The first-order chi connectivity index (χ1) is 11.5. The zero-order chi connectivity index (χ0) is 17.2. The van der Waals surface area contributed by atoms with Gasteiger partial charge in [0.2, 0.25) is 5.91 Å². The number of nitrogens with zero attached hydrogens (tertiary/aromatic N) is 2. The number of rotatable bonds is 4. The summed E-state index contributed by atoms with van der Waals surface area (Å²) >= 11 is 0. The molecule has 0 spiro atoms. The Balaban J connectivity index is 0.00000225. The van der Waals surface area contributed by atoms with Crippen molar-refractivity contribution in [1.82, 2.24) is 9.80 Å². The fourth-order valence-corrected chi connectivity index (χ4v) is 3.48. The van der Waals surface area contributed by atoms with Crippen molar-refractivity contribution >= 4 is 18.3 Å². The number of carbonyl (C=O) groups excluding carboxylic acids is 1. The van der Waals surface area contributed by atoms with Gasteiger partial charge in [0, 0.05) is 39.0 Å². The van der Waals surface area contributed by atoms with Crippen LogP contribution in [0.3, 0.4) is 0 Å². The van der Waals surface area contributed by atoms with Gasteiger partial charge in [0.05, 0.1) is 13.0 Å². The van der Waals surface area contributed by atoms with E-state index in [4.69, 9.17) is 4.74 Å². The lowest BCUT2D eigenvalue weighted by atomic mass is 10.0. The molecule has 3 rings (SSSR count). The molecule has 0 radical (unpaired) electrons. The first-order valence-electron chi connectivity index (χ1n) is 8.49. The summed E-state index contributed by atoms with van der Waals surface area (Å²) in [7, 11) is 1.64. The monoisotopic (exact) mass is 374 g/mol. The molecule has 7 heteroatoms. The standard InChI is InChI=1S/C18H24F2N2O2.ClH/c1-24-16-4-2-14(3-5-16)12-21-9-6-15(13-21)17(23)22-10-7-18(19,20)8-11-22;/h2-5,15H,6-13H2,1H3;1H. The normalized spacial score (nSPS) is 23.2. The van der Waals surface area contributed by atoms with Crippen molar-refractivity contribution in [3.63, 3.8) is 0 Å². The van der Waals surface area contributed by atoms with Gasteiger partial charge in [0.15, 0.2) is 0 Å². The Hall–Kier alpha value is -1.40. The zero-order valence-electron chi connectivity index (χ0n) is 14.4. The summed E-state index contributed by atoms with van der Waals surface area (Å²) in [5.41, 5.74) is 1.18. The molecule has 4 nitrogen and oxygen atoms in total. The third kappa shape index (κ3) is 5.05. The second-order valence-corrected chi connectivity index (χ2v) is 6.75. The smallest absolute Gasteiger partial charge is 0.251 e. The van der Waals surface area contributed by atoms with Crippen LogP contribution in [-0.2, 0) is 11.3 Å². The Kier molecular flexibility index (Phi) is 6.63. The van der Waals surface area contributed by atoms with Crippen LogP contribution in [0.2, 0.25) is 0 Å². The van der Waals surface area contributed by atoms with Crippen molar-refractivity contribution in [1.29, 1.82) is 0 Å². The molecule has 1 atom stereocenters. The Labute approximate surface area is 153 Å². The van der Waals surface area contributed by atoms with E-state index in [1.165, 1.54) is 5.56 Å². The van der Waals surface area contributed by atoms with E-state index in [-0.39, 0.29) is 50.2 Å². The van der Waals surface area contributed by atoms with Crippen LogP contribution in [-0.4, -0.2) is 54.9 Å². The molecule has 25 heavy (non-hydrogen) atoms. The van der Waals surface area contributed by atoms with Gasteiger partial charge in [-0.3, -0.25) is 9.69 Å². The summed E-state index contributed by atoms with van der Waals surface area (Å²) < 4.78 is 31.6. The quantitative estimate of drug-likeness (QED) is 0.811. The Morgan fingerprint density at radius 1 is 1.20 bits per heavy atom. The molecule has 1 unspecified atom stereocenters. The first kappa shape index (κ1) is 19.9. The highest BCUT2D eigenvalue weighted by Crippen LogP contribution is 2.29. The molecule has 2 saturated heterocycles. The summed E-state index contributed by atoms with van der Waals surface area (Å²) in [5.74, 6) is -1.79. The molecular weight excluding hydrogens is 350 g/mol. The van der Waals surface area contributed by atoms with E-state index in [9.17, 15) is 13.6 Å². The Morgan fingerprint density at radius 3 is 2.44 bits per heavy atom. The number of ether oxygens (including phenoxy) is 1. The number of hydrogen-bond donors (Lipinski definition) is 0. The lowest BCUT2D eigenvalue weighted by molar-refractivity contribution is -0.141. The van der Waals surface area contributed by atoms with Crippen LogP contribution in [0.4, 0.5) is 8.78 Å². The number of benzene rings is 1. The number of carbonyl (C=O) groups is 1. The van der Waals surface area contributed by atoms with Gasteiger partial charge in [-0.25, -0.2) is 8.78 Å². The second-order valence-electron chi connectivity index (χ2n) is 6.75. The van der Waals surface area contributed by atoms with Crippen LogP contribution >= 0.6 is 12.4 Å². The van der Waals surface area contributed by atoms with Crippen molar-refractivity contribution in [2.75, 3.05) is 33.3 Å². The van der Waals surface area contributed by atoms with Gasteiger partial charge in [-0.2, -0.15) is 0 Å². The third-order valence-electron chi connectivity index (χ3n) is 4.99. The summed E-state index contributed by atoms with van der Waals surface area (Å²) in [4.78, 5) is 16.4. The number of piperidine rings is 1. The number of halogens is 3. The van der Waals surface area contributed by atoms with Gasteiger partial charge in [-0.1, -0.05) is 12.1 Å². The first-order valence-corrected chi connectivity index (χ1v) is 8.49. The fraction of sp³-hybridized carbons (Fsp3) is 0.611. The highest BCUT2D eigenvalue weighted by atomic mass is 35.5. The SMILES string of the molecule is COc1ccc(CN2CCC(C(=O)N3CCC(F)(F)CC3)C2)cc1.Cl. The lowest BCUT2D eigenvalue weighted by Crippen LogP contribution is -2.45. The van der Waals surface area contributed by atoms with E-state index >= 15 is 0 Å². The van der Waals surface area contributed by atoms with E-state index in [1.807, 2.05) is 24.3 Å². The summed E-state index contributed by atoms with van der Waals surface area (Å²) in [6, 6.07) is 7.92. The molecule has 0 saturated carbocycles. The number of likely N-dealkylation sites (tertiary alicyclic amines) is 2. The maximum absolute atomic E-state index is 13.2. The second kappa shape index (κ2) is 8.32. The van der Waals surface area contributed by atoms with Gasteiger partial charge < -0.3 is 9.64 Å². The van der Waals surface area contributed by atoms with E-state index in [1.54, 1.807) is 12.0 Å². The van der Waals surface area contributed by atoms with Crippen molar-refractivity contribution < 1.29 is 18.3 Å². The van der Waals surface area contributed by atoms with E-state index in [0.717, 1.165) is 25.3 Å². The van der Waals surface area contributed by atoms with E-state index < -0.39 is 5.92 Å². The molecule has 0 aromatic heterocycles. The minimum Gasteiger partial charge on any atom is -0.497 e. The molecule has 2 aliphatic heterocycles. The van der Waals surface area contributed by atoms with Gasteiger partial charge in [-0.05, 0) is 30.7 Å². The number of amides is 1. The molecule has 2 aliphatic rings. The van der Waals surface area contributed by atoms with Gasteiger partial charge in [0.25, 0.3) is 5.92 Å². The molecule has 140 valence electrons. The van der Waals surface area contributed by atoms with Crippen molar-refractivity contribution in [3.8, 4) is 5.75 Å². The molecule has 1 amide bonds. The molecular formula is C18H25ClF2N2O2. The van der Waals surface area contributed by atoms with Crippen molar-refractivity contribution in [2.24, 2.45) is 5.92 Å². The number of methoxy groups -OCH3 is 1. The minimum absolute atomic E-state index is 0. The van der Waals surface area contributed by atoms with E-state index in [2.05, 4.69) is 4.90 Å². The van der Waals surface area contributed by atoms with Crippen LogP contribution in [0.1, 0.15) is 24.8 Å². The highest BCUT2D eigenvalue weighted by molar-refractivity contribution is 5.85. The maximum Gasteiger partial charge on any atom is 0.251 e. The Morgan fingerprint density at radius 2 is 1.84 bits per heavy atom. The summed E-state index contributed by atoms with van der Waals surface area (Å²) in [6.45, 7) is 2.73. The fourth-order valence-electron chi connectivity index (χ4n) is 3.48. The highest BCUT2D eigenvalue weighted by Gasteiger charge is 2.38. The molecule has 2 fully saturated rings. The summed E-state index contributed by atoms with van der Waals surface area (Å²) in [5, 5.41) is 0. The van der Waals surface area contributed by atoms with E-state index in [0.29, 0.717) is 6.54 Å². The van der Waals surface area contributed by atoms with Crippen molar-refractivity contribution in [2.45, 2.75) is 31.7 Å². The third-order valence-corrected chi connectivity index (χ3v) is 4.99. The zero-order valence-corrected chi connectivity index (χ0v) is 15.2. The van der Waals surface area contributed by atoms with Crippen LogP contribution in [0, 0.1) is 5.92 Å². The predicted octanol–water partition coefficient (Wildman–Crippen LogP) is 3.20. The molecule has 0 bridgehead atoms. The molecule has 1 aromatic rings. The average molecular weight is 375 g/mol. The number of alkyl halides is 2. The van der Waals surface area contributed by atoms with Crippen molar-refractivity contribution in [3.05, 3.63) is 29.8 Å². The molecule has 0 aliphatic carbocycles. The van der Waals surface area contributed by atoms with Crippen LogP contribution in [0.25, 0.3) is 0 Å². The topological polar surface area (TPSA) is 32.8 Å². The lowest BCUT2D eigenvalue weighted by Gasteiger charge is -2.33. The number of hydrogen-bond acceptors (Lipinski definition) is 3. The molecule has 0 N–H and O–H groups in total.